The third-order valence-corrected chi connectivity index (χ3v) is 4.21. The van der Waals surface area contributed by atoms with Gasteiger partial charge in [-0.15, -0.1) is 0 Å². The molecule has 3 N–H and O–H groups in total. The van der Waals surface area contributed by atoms with Crippen LogP contribution >= 0.6 is 0 Å². The van der Waals surface area contributed by atoms with Gasteiger partial charge in [-0.1, -0.05) is 58.8 Å². The number of unbranched alkanes of at least 4 members (excludes halogenated alkanes) is 6. The summed E-state index contributed by atoms with van der Waals surface area (Å²) < 4.78 is 5.90. The van der Waals surface area contributed by atoms with Crippen molar-refractivity contribution in [1.29, 1.82) is 0 Å². The topological polar surface area (TPSA) is 47.3 Å². The zero-order valence-corrected chi connectivity index (χ0v) is 13.6. The van der Waals surface area contributed by atoms with Crippen molar-refractivity contribution in [2.24, 2.45) is 5.84 Å². The first-order chi connectivity index (χ1) is 9.14. The summed E-state index contributed by atoms with van der Waals surface area (Å²) in [5.74, 6) is 5.72. The van der Waals surface area contributed by atoms with Crippen molar-refractivity contribution in [3.8, 4) is 0 Å². The monoisotopic (exact) mass is 272 g/mol. The van der Waals surface area contributed by atoms with Gasteiger partial charge in [-0.25, -0.2) is 0 Å². The highest BCUT2D eigenvalue weighted by molar-refractivity contribution is 4.87. The van der Waals surface area contributed by atoms with E-state index in [4.69, 9.17) is 10.6 Å². The molecule has 0 aromatic carbocycles. The summed E-state index contributed by atoms with van der Waals surface area (Å²) in [6.07, 6.45) is 11.5. The molecule has 19 heavy (non-hydrogen) atoms. The summed E-state index contributed by atoms with van der Waals surface area (Å²) in [6.45, 7) is 9.40. The molecular formula is C16H36N2O. The van der Waals surface area contributed by atoms with Crippen molar-refractivity contribution >= 4 is 0 Å². The van der Waals surface area contributed by atoms with Gasteiger partial charge in [0.2, 0.25) is 0 Å². The number of ether oxygens (including phenoxy) is 1. The van der Waals surface area contributed by atoms with Crippen LogP contribution in [0.3, 0.4) is 0 Å². The molecule has 0 aliphatic carbocycles. The van der Waals surface area contributed by atoms with Gasteiger partial charge in [0, 0.05) is 12.6 Å². The second-order valence-corrected chi connectivity index (χ2v) is 5.73. The molecule has 0 heterocycles. The van der Waals surface area contributed by atoms with E-state index in [0.29, 0.717) is 0 Å². The van der Waals surface area contributed by atoms with Gasteiger partial charge in [0.15, 0.2) is 0 Å². The Kier molecular flexibility index (Phi) is 11.6. The van der Waals surface area contributed by atoms with E-state index in [2.05, 4.69) is 33.1 Å². The molecule has 0 saturated carbocycles. The standard InChI is InChI=1S/C16H36N2O/c1-5-8-9-10-11-12-13-14-15(18-17)16(4,6-2)19-7-3/h15,18H,5-14,17H2,1-4H3. The number of nitrogens with one attached hydrogen (secondary N) is 1. The fraction of sp³-hybridized carbons (Fsp3) is 1.00. The van der Waals surface area contributed by atoms with E-state index in [9.17, 15) is 0 Å². The van der Waals surface area contributed by atoms with E-state index in [1.165, 1.54) is 44.9 Å². The van der Waals surface area contributed by atoms with Crippen molar-refractivity contribution in [2.75, 3.05) is 6.61 Å². The summed E-state index contributed by atoms with van der Waals surface area (Å²) in [5.41, 5.74) is 2.83. The van der Waals surface area contributed by atoms with Crippen molar-refractivity contribution in [3.05, 3.63) is 0 Å². The Hall–Kier alpha value is -0.120. The lowest BCUT2D eigenvalue weighted by Crippen LogP contribution is -2.52. The highest BCUT2D eigenvalue weighted by atomic mass is 16.5. The Morgan fingerprint density at radius 2 is 1.58 bits per heavy atom. The second-order valence-electron chi connectivity index (χ2n) is 5.73. The van der Waals surface area contributed by atoms with E-state index >= 15 is 0 Å². The summed E-state index contributed by atoms with van der Waals surface area (Å²) in [7, 11) is 0. The molecule has 3 nitrogen and oxygen atoms in total. The maximum atomic E-state index is 5.90. The van der Waals surface area contributed by atoms with Crippen molar-refractivity contribution in [1.82, 2.24) is 5.43 Å². The third kappa shape index (κ3) is 7.91. The summed E-state index contributed by atoms with van der Waals surface area (Å²) >= 11 is 0. The summed E-state index contributed by atoms with van der Waals surface area (Å²) in [5, 5.41) is 0. The van der Waals surface area contributed by atoms with Crippen LogP contribution in [0.2, 0.25) is 0 Å². The Morgan fingerprint density at radius 1 is 1.00 bits per heavy atom. The van der Waals surface area contributed by atoms with Crippen LogP contribution in [0.5, 0.6) is 0 Å². The van der Waals surface area contributed by atoms with Crippen molar-refractivity contribution in [2.45, 2.75) is 97.1 Å². The van der Waals surface area contributed by atoms with Crippen LogP contribution in [0, 0.1) is 0 Å². The van der Waals surface area contributed by atoms with Crippen LogP contribution in [0.15, 0.2) is 0 Å². The third-order valence-electron chi connectivity index (χ3n) is 4.21. The summed E-state index contributed by atoms with van der Waals surface area (Å²) in [6, 6.07) is 0.257. The zero-order chi connectivity index (χ0) is 14.6. The first-order valence-corrected chi connectivity index (χ1v) is 8.24. The minimum Gasteiger partial charge on any atom is -0.374 e. The average Bonchev–Trinajstić information content (AvgIpc) is 2.42. The minimum atomic E-state index is -0.133. The van der Waals surface area contributed by atoms with Crippen LogP contribution in [0.4, 0.5) is 0 Å². The molecule has 0 aliphatic rings. The van der Waals surface area contributed by atoms with E-state index in [0.717, 1.165) is 19.4 Å². The molecule has 2 unspecified atom stereocenters. The fourth-order valence-corrected chi connectivity index (χ4v) is 2.65. The molecule has 0 fully saturated rings. The van der Waals surface area contributed by atoms with E-state index in [1.807, 2.05) is 0 Å². The van der Waals surface area contributed by atoms with E-state index in [1.54, 1.807) is 0 Å². The maximum absolute atomic E-state index is 5.90. The molecule has 2 atom stereocenters. The van der Waals surface area contributed by atoms with E-state index < -0.39 is 0 Å². The molecule has 0 bridgehead atoms. The first-order valence-electron chi connectivity index (χ1n) is 8.24. The molecule has 3 heteroatoms. The highest BCUT2D eigenvalue weighted by Gasteiger charge is 2.31. The maximum Gasteiger partial charge on any atom is 0.0817 e. The molecule has 0 aromatic heterocycles. The number of rotatable bonds is 13. The molecule has 0 amide bonds. The Bertz CT molecular complexity index is 199. The van der Waals surface area contributed by atoms with Crippen LogP contribution in [-0.4, -0.2) is 18.2 Å². The first kappa shape index (κ1) is 18.9. The Labute approximate surface area is 120 Å². The second kappa shape index (κ2) is 11.7. The largest absolute Gasteiger partial charge is 0.374 e. The molecule has 116 valence electrons. The van der Waals surface area contributed by atoms with Gasteiger partial charge in [-0.2, -0.15) is 0 Å². The van der Waals surface area contributed by atoms with Crippen LogP contribution in [-0.2, 0) is 4.74 Å². The van der Waals surface area contributed by atoms with Crippen LogP contribution < -0.4 is 11.3 Å². The number of nitrogens with two attached hydrogens (primary N) is 1. The smallest absolute Gasteiger partial charge is 0.0817 e. The fourth-order valence-electron chi connectivity index (χ4n) is 2.65. The number of hydrazine groups is 1. The molecule has 0 saturated heterocycles. The van der Waals surface area contributed by atoms with E-state index in [-0.39, 0.29) is 11.6 Å². The minimum absolute atomic E-state index is 0.133. The number of hydrogen-bond acceptors (Lipinski definition) is 3. The lowest BCUT2D eigenvalue weighted by atomic mass is 9.89. The highest BCUT2D eigenvalue weighted by Crippen LogP contribution is 2.24. The lowest BCUT2D eigenvalue weighted by Gasteiger charge is -2.36. The molecule has 0 spiro atoms. The molecule has 0 radical (unpaired) electrons. The van der Waals surface area contributed by atoms with Gasteiger partial charge in [0.1, 0.15) is 0 Å². The van der Waals surface area contributed by atoms with Gasteiger partial charge in [-0.3, -0.25) is 11.3 Å². The van der Waals surface area contributed by atoms with Gasteiger partial charge in [0.25, 0.3) is 0 Å². The van der Waals surface area contributed by atoms with Gasteiger partial charge < -0.3 is 4.74 Å². The number of hydrogen-bond donors (Lipinski definition) is 2. The summed E-state index contributed by atoms with van der Waals surface area (Å²) in [4.78, 5) is 0. The SMILES string of the molecule is CCCCCCCCCC(NN)C(C)(CC)OCC. The van der Waals surface area contributed by atoms with Gasteiger partial charge >= 0.3 is 0 Å². The molecule has 0 aromatic rings. The van der Waals surface area contributed by atoms with Gasteiger partial charge in [-0.05, 0) is 26.7 Å². The lowest BCUT2D eigenvalue weighted by molar-refractivity contribution is -0.0575. The van der Waals surface area contributed by atoms with Crippen LogP contribution in [0.1, 0.15) is 85.5 Å². The van der Waals surface area contributed by atoms with Crippen molar-refractivity contribution < 1.29 is 4.74 Å². The van der Waals surface area contributed by atoms with Crippen molar-refractivity contribution in [3.63, 3.8) is 0 Å². The average molecular weight is 272 g/mol. The Balaban J connectivity index is 3.86. The predicted molar refractivity (Wildman–Crippen MR) is 84.0 cm³/mol. The van der Waals surface area contributed by atoms with Gasteiger partial charge in [0.05, 0.1) is 5.60 Å². The zero-order valence-electron chi connectivity index (χ0n) is 13.6. The molecule has 0 rings (SSSR count). The molecular weight excluding hydrogens is 236 g/mol. The normalized spacial score (nSPS) is 16.3. The quantitative estimate of drug-likeness (QED) is 0.300. The molecule has 0 aliphatic heterocycles. The predicted octanol–water partition coefficient (Wildman–Crippen LogP) is 4.16. The van der Waals surface area contributed by atoms with Crippen LogP contribution in [0.25, 0.3) is 0 Å². The Morgan fingerprint density at radius 3 is 2.05 bits per heavy atom.